The third-order valence-corrected chi connectivity index (χ3v) is 4.02. The number of halogens is 1. The molecule has 0 amide bonds. The number of ether oxygens (including phenoxy) is 1. The zero-order valence-electron chi connectivity index (χ0n) is 11.9. The van der Waals surface area contributed by atoms with Crippen LogP contribution in [0.25, 0.3) is 0 Å². The first kappa shape index (κ1) is 13.1. The Hall–Kier alpha value is -2.62. The van der Waals surface area contributed by atoms with E-state index in [4.69, 9.17) is 4.74 Å². The van der Waals surface area contributed by atoms with Gasteiger partial charge in [0.1, 0.15) is 18.2 Å². The highest BCUT2D eigenvalue weighted by Crippen LogP contribution is 2.40. The first-order valence-corrected chi connectivity index (χ1v) is 7.25. The van der Waals surface area contributed by atoms with Crippen molar-refractivity contribution in [2.24, 2.45) is 0 Å². The predicted molar refractivity (Wildman–Crippen MR) is 81.8 cm³/mol. The number of carbonyl (C=O) groups excluding carboxylic acids is 1. The maximum absolute atomic E-state index is 13.7. The van der Waals surface area contributed by atoms with Crippen molar-refractivity contribution in [3.8, 4) is 5.75 Å². The van der Waals surface area contributed by atoms with Gasteiger partial charge in [0.25, 0.3) is 0 Å². The molecule has 0 saturated heterocycles. The fourth-order valence-corrected chi connectivity index (χ4v) is 3.05. The Labute approximate surface area is 127 Å². The molecule has 2 aromatic rings. The van der Waals surface area contributed by atoms with Crippen LogP contribution in [0.5, 0.6) is 5.75 Å². The van der Waals surface area contributed by atoms with Gasteiger partial charge in [-0.25, -0.2) is 4.39 Å². The van der Waals surface area contributed by atoms with Crippen molar-refractivity contribution in [1.29, 1.82) is 0 Å². The van der Waals surface area contributed by atoms with Gasteiger partial charge in [-0.1, -0.05) is 30.3 Å². The van der Waals surface area contributed by atoms with Gasteiger partial charge < -0.3 is 9.64 Å². The molecule has 0 spiro atoms. The topological polar surface area (TPSA) is 29.5 Å². The lowest BCUT2D eigenvalue weighted by Gasteiger charge is -2.34. The molecule has 0 atom stereocenters. The van der Waals surface area contributed by atoms with Gasteiger partial charge in [-0.3, -0.25) is 4.79 Å². The van der Waals surface area contributed by atoms with Crippen LogP contribution < -0.4 is 9.64 Å². The summed E-state index contributed by atoms with van der Waals surface area (Å²) < 4.78 is 19.3. The van der Waals surface area contributed by atoms with Crippen molar-refractivity contribution >= 4 is 11.5 Å². The van der Waals surface area contributed by atoms with Gasteiger partial charge in [0.2, 0.25) is 0 Å². The summed E-state index contributed by atoms with van der Waals surface area (Å²) >= 11 is 0. The van der Waals surface area contributed by atoms with Gasteiger partial charge in [0, 0.05) is 29.8 Å². The molecule has 0 saturated carbocycles. The third-order valence-electron chi connectivity index (χ3n) is 4.02. The number of carbonyl (C=O) groups is 1. The Balaban J connectivity index is 1.76. The second-order valence-electron chi connectivity index (χ2n) is 5.48. The van der Waals surface area contributed by atoms with Crippen molar-refractivity contribution in [2.75, 3.05) is 18.1 Å². The first-order valence-electron chi connectivity index (χ1n) is 7.25. The van der Waals surface area contributed by atoms with Crippen LogP contribution in [0, 0.1) is 5.82 Å². The van der Waals surface area contributed by atoms with E-state index in [1.807, 2.05) is 29.3 Å². The van der Waals surface area contributed by atoms with Crippen molar-refractivity contribution in [2.45, 2.75) is 6.42 Å². The van der Waals surface area contributed by atoms with Gasteiger partial charge in [-0.15, -0.1) is 0 Å². The minimum Gasteiger partial charge on any atom is -0.489 e. The van der Waals surface area contributed by atoms with E-state index in [-0.39, 0.29) is 11.6 Å². The molecule has 3 nitrogen and oxygen atoms in total. The van der Waals surface area contributed by atoms with Crippen LogP contribution in [0.3, 0.4) is 0 Å². The van der Waals surface area contributed by atoms with Gasteiger partial charge in [-0.05, 0) is 11.6 Å². The molecule has 0 N–H and O–H groups in total. The molecule has 2 aromatic carbocycles. The largest absolute Gasteiger partial charge is 0.489 e. The average Bonchev–Trinajstić information content (AvgIpc) is 2.54. The number of rotatable bonds is 2. The number of ketones is 1. The molecule has 0 aromatic heterocycles. The van der Waals surface area contributed by atoms with E-state index in [1.165, 1.54) is 12.1 Å². The molecular formula is C18H14FNO2. The quantitative estimate of drug-likeness (QED) is 0.796. The van der Waals surface area contributed by atoms with Gasteiger partial charge in [-0.2, -0.15) is 0 Å². The zero-order valence-corrected chi connectivity index (χ0v) is 11.9. The van der Waals surface area contributed by atoms with Crippen molar-refractivity contribution < 1.29 is 13.9 Å². The molecule has 4 rings (SSSR count). The molecular weight excluding hydrogens is 281 g/mol. The molecule has 0 fully saturated rings. The van der Waals surface area contributed by atoms with E-state index in [2.05, 4.69) is 0 Å². The molecule has 110 valence electrons. The van der Waals surface area contributed by atoms with E-state index in [9.17, 15) is 9.18 Å². The van der Waals surface area contributed by atoms with Gasteiger partial charge >= 0.3 is 0 Å². The van der Waals surface area contributed by atoms with Crippen molar-refractivity contribution in [3.05, 3.63) is 71.2 Å². The molecule has 0 aliphatic carbocycles. The summed E-state index contributed by atoms with van der Waals surface area (Å²) in [5.74, 6) is 0.219. The number of benzene rings is 2. The zero-order chi connectivity index (χ0) is 15.1. The van der Waals surface area contributed by atoms with Crippen LogP contribution in [-0.2, 0) is 6.42 Å². The molecule has 0 bridgehead atoms. The average molecular weight is 295 g/mol. The summed E-state index contributed by atoms with van der Waals surface area (Å²) in [5, 5.41) is 0. The standard InChI is InChI=1S/C18H14FNO2/c19-15-9-13-8-14(18(21)12-4-2-1-3-5-12)11-20-6-7-22-16(10-15)17(13)20/h1-5,9-11H,6-8H2. The molecule has 22 heavy (non-hydrogen) atoms. The first-order chi connectivity index (χ1) is 10.7. The summed E-state index contributed by atoms with van der Waals surface area (Å²) in [7, 11) is 0. The highest BCUT2D eigenvalue weighted by molar-refractivity contribution is 6.09. The summed E-state index contributed by atoms with van der Waals surface area (Å²) in [6, 6.07) is 12.1. The molecule has 0 unspecified atom stereocenters. The molecule has 4 heteroatoms. The van der Waals surface area contributed by atoms with E-state index >= 15 is 0 Å². The summed E-state index contributed by atoms with van der Waals surface area (Å²) in [5.41, 5.74) is 3.02. The number of hydrogen-bond donors (Lipinski definition) is 0. The lowest BCUT2D eigenvalue weighted by Crippen LogP contribution is -2.33. The second kappa shape index (κ2) is 4.98. The van der Waals surface area contributed by atoms with Crippen LogP contribution in [0.2, 0.25) is 0 Å². The molecule has 2 aliphatic heterocycles. The van der Waals surface area contributed by atoms with Crippen LogP contribution in [0.4, 0.5) is 10.1 Å². The van der Waals surface area contributed by atoms with E-state index in [0.29, 0.717) is 36.5 Å². The summed E-state index contributed by atoms with van der Waals surface area (Å²) in [4.78, 5) is 14.6. The van der Waals surface area contributed by atoms with E-state index < -0.39 is 0 Å². The van der Waals surface area contributed by atoms with Crippen molar-refractivity contribution in [3.63, 3.8) is 0 Å². The number of anilines is 1. The fraction of sp³-hybridized carbons (Fsp3) is 0.167. The Morgan fingerprint density at radius 1 is 1.18 bits per heavy atom. The Kier molecular flexibility index (Phi) is 2.96. The summed E-state index contributed by atoms with van der Waals surface area (Å²) in [6.45, 7) is 1.15. The molecule has 2 heterocycles. The lowest BCUT2D eigenvalue weighted by molar-refractivity contribution is 0.103. The van der Waals surface area contributed by atoms with Crippen LogP contribution >= 0.6 is 0 Å². The van der Waals surface area contributed by atoms with Crippen LogP contribution in [-0.4, -0.2) is 18.9 Å². The van der Waals surface area contributed by atoms with E-state index in [0.717, 1.165) is 11.3 Å². The number of Topliss-reactive ketones (excluding diaryl/α,β-unsaturated/α-hetero) is 1. The Morgan fingerprint density at radius 3 is 2.82 bits per heavy atom. The highest BCUT2D eigenvalue weighted by Gasteiger charge is 2.28. The van der Waals surface area contributed by atoms with Gasteiger partial charge in [0.15, 0.2) is 5.78 Å². The molecule has 2 aliphatic rings. The third kappa shape index (κ3) is 2.08. The number of allylic oxidation sites excluding steroid dienone is 1. The maximum atomic E-state index is 13.7. The van der Waals surface area contributed by atoms with Crippen molar-refractivity contribution in [1.82, 2.24) is 0 Å². The SMILES string of the molecule is O=C(C1=CN2CCOc3cc(F)cc(c32)C1)c1ccccc1. The smallest absolute Gasteiger partial charge is 0.190 e. The lowest BCUT2D eigenvalue weighted by atomic mass is 9.93. The Bertz CT molecular complexity index is 783. The highest BCUT2D eigenvalue weighted by atomic mass is 19.1. The maximum Gasteiger partial charge on any atom is 0.190 e. The second-order valence-corrected chi connectivity index (χ2v) is 5.48. The Morgan fingerprint density at radius 2 is 2.00 bits per heavy atom. The minimum absolute atomic E-state index is 0.0106. The minimum atomic E-state index is -0.330. The van der Waals surface area contributed by atoms with Crippen LogP contribution in [0.15, 0.2) is 54.2 Å². The van der Waals surface area contributed by atoms with Crippen LogP contribution in [0.1, 0.15) is 15.9 Å². The predicted octanol–water partition coefficient (Wildman–Crippen LogP) is 3.35. The van der Waals surface area contributed by atoms with E-state index in [1.54, 1.807) is 12.1 Å². The normalized spacial score (nSPS) is 15.7. The number of nitrogens with zero attached hydrogens (tertiary/aromatic N) is 1. The van der Waals surface area contributed by atoms with Gasteiger partial charge in [0.05, 0.1) is 12.2 Å². The molecule has 0 radical (unpaired) electrons. The number of hydrogen-bond acceptors (Lipinski definition) is 3. The monoisotopic (exact) mass is 295 g/mol. The fourth-order valence-electron chi connectivity index (χ4n) is 3.05. The summed E-state index contributed by atoms with van der Waals surface area (Å²) in [6.07, 6.45) is 2.30.